The van der Waals surface area contributed by atoms with Crippen LogP contribution in [0.3, 0.4) is 0 Å². The summed E-state index contributed by atoms with van der Waals surface area (Å²) < 4.78 is 0. The lowest BCUT2D eigenvalue weighted by Gasteiger charge is -2.19. The Morgan fingerprint density at radius 2 is 2.00 bits per heavy atom. The molecule has 1 aliphatic heterocycles. The number of aryl methyl sites for hydroxylation is 2. The second-order valence-corrected chi connectivity index (χ2v) is 4.13. The Balaban J connectivity index is 2.18. The first-order valence-corrected chi connectivity index (χ1v) is 5.29. The smallest absolute Gasteiger partial charge is 0.0616 e. The zero-order chi connectivity index (χ0) is 10.1. The molecular formula is C12H18N2. The van der Waals surface area contributed by atoms with Gasteiger partial charge in [-0.3, -0.25) is 0 Å². The summed E-state index contributed by atoms with van der Waals surface area (Å²) in [5, 5.41) is 0. The highest BCUT2D eigenvalue weighted by atomic mass is 15.2. The average Bonchev–Trinajstić information content (AvgIpc) is 2.76. The summed E-state index contributed by atoms with van der Waals surface area (Å²) in [6, 6.07) is 2.19. The molecule has 0 atom stereocenters. The van der Waals surface area contributed by atoms with Crippen molar-refractivity contribution < 1.29 is 0 Å². The molecular weight excluding hydrogens is 172 g/mol. The molecule has 1 aliphatic rings. The molecule has 1 fully saturated rings. The van der Waals surface area contributed by atoms with Gasteiger partial charge in [0.15, 0.2) is 0 Å². The molecule has 0 saturated carbocycles. The fourth-order valence-corrected chi connectivity index (χ4v) is 1.97. The van der Waals surface area contributed by atoms with Crippen molar-refractivity contribution in [2.75, 3.05) is 13.1 Å². The first-order valence-electron chi connectivity index (χ1n) is 5.29. The van der Waals surface area contributed by atoms with Crippen LogP contribution < -0.4 is 0 Å². The van der Waals surface area contributed by atoms with Crippen LogP contribution >= 0.6 is 0 Å². The van der Waals surface area contributed by atoms with Crippen LogP contribution in [0.25, 0.3) is 5.70 Å². The van der Waals surface area contributed by atoms with Gasteiger partial charge >= 0.3 is 0 Å². The van der Waals surface area contributed by atoms with Crippen LogP contribution in [0.5, 0.6) is 0 Å². The maximum Gasteiger partial charge on any atom is 0.0616 e. The van der Waals surface area contributed by atoms with E-state index in [9.17, 15) is 0 Å². The van der Waals surface area contributed by atoms with Gasteiger partial charge in [-0.25, -0.2) is 0 Å². The molecule has 0 spiro atoms. The number of aromatic amines is 1. The quantitative estimate of drug-likeness (QED) is 0.759. The molecule has 0 aromatic carbocycles. The van der Waals surface area contributed by atoms with Crippen LogP contribution in [0.1, 0.15) is 29.8 Å². The van der Waals surface area contributed by atoms with E-state index in [-0.39, 0.29) is 0 Å². The Morgan fingerprint density at radius 3 is 2.50 bits per heavy atom. The van der Waals surface area contributed by atoms with Crippen molar-refractivity contribution in [3.63, 3.8) is 0 Å². The van der Waals surface area contributed by atoms with Crippen LogP contribution in [0.4, 0.5) is 0 Å². The highest BCUT2D eigenvalue weighted by molar-refractivity contribution is 5.60. The Hall–Kier alpha value is -1.18. The molecule has 2 heteroatoms. The Kier molecular flexibility index (Phi) is 2.36. The third-order valence-electron chi connectivity index (χ3n) is 3.07. The molecule has 0 unspecified atom stereocenters. The van der Waals surface area contributed by atoms with Crippen molar-refractivity contribution in [3.05, 3.63) is 29.6 Å². The number of hydrogen-bond donors (Lipinski definition) is 1. The lowest BCUT2D eigenvalue weighted by atomic mass is 10.2. The zero-order valence-corrected chi connectivity index (χ0v) is 9.06. The topological polar surface area (TPSA) is 19.0 Å². The number of H-pyrrole nitrogens is 1. The lowest BCUT2D eigenvalue weighted by molar-refractivity contribution is 0.492. The van der Waals surface area contributed by atoms with Crippen LogP contribution in [0, 0.1) is 13.8 Å². The van der Waals surface area contributed by atoms with Gasteiger partial charge in [0.05, 0.1) is 11.4 Å². The van der Waals surface area contributed by atoms with Gasteiger partial charge in [-0.05, 0) is 38.3 Å². The van der Waals surface area contributed by atoms with Crippen molar-refractivity contribution in [2.24, 2.45) is 0 Å². The predicted octanol–water partition coefficient (Wildman–Crippen LogP) is 2.70. The molecule has 1 aromatic heterocycles. The molecule has 1 aromatic rings. The van der Waals surface area contributed by atoms with Crippen molar-refractivity contribution in [1.29, 1.82) is 0 Å². The lowest BCUT2D eigenvalue weighted by Crippen LogP contribution is -2.16. The summed E-state index contributed by atoms with van der Waals surface area (Å²) in [5.74, 6) is 0. The second-order valence-electron chi connectivity index (χ2n) is 4.13. The summed E-state index contributed by atoms with van der Waals surface area (Å²) >= 11 is 0. The molecule has 2 nitrogen and oxygen atoms in total. The molecule has 76 valence electrons. The number of nitrogens with zero attached hydrogens (tertiary/aromatic N) is 1. The zero-order valence-electron chi connectivity index (χ0n) is 9.06. The highest BCUT2D eigenvalue weighted by Crippen LogP contribution is 2.23. The standard InChI is InChI=1S/C12H18N2/c1-9-8-12(13-10(9)2)11(3)14-6-4-5-7-14/h8,13H,3-7H2,1-2H3. The average molecular weight is 190 g/mol. The second kappa shape index (κ2) is 3.52. The van der Waals surface area contributed by atoms with E-state index < -0.39 is 0 Å². The minimum atomic E-state index is 1.15. The first-order chi connectivity index (χ1) is 6.68. The molecule has 14 heavy (non-hydrogen) atoms. The summed E-state index contributed by atoms with van der Waals surface area (Å²) in [7, 11) is 0. The molecule has 1 saturated heterocycles. The molecule has 0 aliphatic carbocycles. The van der Waals surface area contributed by atoms with E-state index in [1.54, 1.807) is 0 Å². The number of rotatable bonds is 2. The van der Waals surface area contributed by atoms with Gasteiger partial charge < -0.3 is 9.88 Å². The maximum atomic E-state index is 4.16. The van der Waals surface area contributed by atoms with E-state index in [0.29, 0.717) is 0 Å². The molecule has 2 rings (SSSR count). The van der Waals surface area contributed by atoms with Gasteiger partial charge in [0.2, 0.25) is 0 Å². The number of aromatic nitrogens is 1. The third-order valence-corrected chi connectivity index (χ3v) is 3.07. The summed E-state index contributed by atoms with van der Waals surface area (Å²) in [4.78, 5) is 5.75. The van der Waals surface area contributed by atoms with Gasteiger partial charge in [0.25, 0.3) is 0 Å². The first kappa shape index (κ1) is 9.38. The van der Waals surface area contributed by atoms with Crippen molar-refractivity contribution in [3.8, 4) is 0 Å². The number of likely N-dealkylation sites (tertiary alicyclic amines) is 1. The van der Waals surface area contributed by atoms with Crippen molar-refractivity contribution in [2.45, 2.75) is 26.7 Å². The van der Waals surface area contributed by atoms with E-state index in [1.807, 2.05) is 0 Å². The van der Waals surface area contributed by atoms with E-state index >= 15 is 0 Å². The Labute approximate surface area is 85.6 Å². The molecule has 1 N–H and O–H groups in total. The summed E-state index contributed by atoms with van der Waals surface area (Å²) in [6.45, 7) is 10.7. The summed E-state index contributed by atoms with van der Waals surface area (Å²) in [5.41, 5.74) is 4.90. The van der Waals surface area contributed by atoms with Crippen LogP contribution in [-0.2, 0) is 0 Å². The van der Waals surface area contributed by atoms with Gasteiger partial charge in [0.1, 0.15) is 0 Å². The highest BCUT2D eigenvalue weighted by Gasteiger charge is 2.15. The van der Waals surface area contributed by atoms with E-state index in [2.05, 4.69) is 36.4 Å². The molecule has 0 radical (unpaired) electrons. The fraction of sp³-hybridized carbons (Fsp3) is 0.500. The molecule has 0 bridgehead atoms. The van der Waals surface area contributed by atoms with E-state index in [1.165, 1.54) is 29.8 Å². The van der Waals surface area contributed by atoms with Gasteiger partial charge in [0, 0.05) is 18.8 Å². The SMILES string of the molecule is C=C(c1cc(C)c(C)[nH]1)N1CCCC1. The number of hydrogen-bond acceptors (Lipinski definition) is 1. The Bertz CT molecular complexity index is 324. The predicted molar refractivity (Wildman–Crippen MR) is 60.1 cm³/mol. The van der Waals surface area contributed by atoms with Crippen LogP contribution in [0.15, 0.2) is 12.6 Å². The van der Waals surface area contributed by atoms with Crippen LogP contribution in [0.2, 0.25) is 0 Å². The van der Waals surface area contributed by atoms with E-state index in [0.717, 1.165) is 18.8 Å². The van der Waals surface area contributed by atoms with Crippen molar-refractivity contribution >= 4 is 5.70 Å². The number of nitrogens with one attached hydrogen (secondary N) is 1. The maximum absolute atomic E-state index is 4.16. The largest absolute Gasteiger partial charge is 0.370 e. The Morgan fingerprint density at radius 1 is 1.36 bits per heavy atom. The van der Waals surface area contributed by atoms with Gasteiger partial charge in [-0.1, -0.05) is 6.58 Å². The summed E-state index contributed by atoms with van der Waals surface area (Å²) in [6.07, 6.45) is 2.61. The monoisotopic (exact) mass is 190 g/mol. The third kappa shape index (κ3) is 1.57. The minimum absolute atomic E-state index is 1.15. The van der Waals surface area contributed by atoms with E-state index in [4.69, 9.17) is 0 Å². The minimum Gasteiger partial charge on any atom is -0.370 e. The fourth-order valence-electron chi connectivity index (χ4n) is 1.97. The van der Waals surface area contributed by atoms with Gasteiger partial charge in [-0.15, -0.1) is 0 Å². The van der Waals surface area contributed by atoms with Crippen LogP contribution in [-0.4, -0.2) is 23.0 Å². The normalized spacial score (nSPS) is 16.3. The van der Waals surface area contributed by atoms with Crippen molar-refractivity contribution in [1.82, 2.24) is 9.88 Å². The molecule has 2 heterocycles. The van der Waals surface area contributed by atoms with Gasteiger partial charge in [-0.2, -0.15) is 0 Å². The molecule has 0 amide bonds.